The average molecular weight is 301 g/mol. The second-order valence-corrected chi connectivity index (χ2v) is 6.67. The number of hydrogen-bond acceptors (Lipinski definition) is 3. The molecule has 1 heterocycles. The number of carbonyl (C=O) groups excluding carboxylic acids is 1. The van der Waals surface area contributed by atoms with Crippen molar-refractivity contribution in [3.05, 3.63) is 36.9 Å². The fourth-order valence-corrected chi connectivity index (χ4v) is 2.71. The van der Waals surface area contributed by atoms with Crippen LogP contribution in [0.5, 0.6) is 0 Å². The molecule has 5 nitrogen and oxygen atoms in total. The summed E-state index contributed by atoms with van der Waals surface area (Å²) in [7, 11) is 1.51. The number of carbonyl (C=O) groups is 1. The third-order valence-corrected chi connectivity index (χ3v) is 4.24. The molecule has 1 aliphatic heterocycles. The monoisotopic (exact) mass is 300 g/mol. The minimum Gasteiger partial charge on any atom is -0.319 e. The Morgan fingerprint density at radius 3 is 2.42 bits per heavy atom. The molecule has 0 aromatic heterocycles. The van der Waals surface area contributed by atoms with Crippen molar-refractivity contribution in [3.63, 3.8) is 0 Å². The minimum atomic E-state index is -3.73. The van der Waals surface area contributed by atoms with Crippen LogP contribution >= 0.6 is 10.7 Å². The highest BCUT2D eigenvalue weighted by atomic mass is 35.7. The zero-order valence-electron chi connectivity index (χ0n) is 10.1. The van der Waals surface area contributed by atoms with Gasteiger partial charge in [-0.15, -0.1) is 6.58 Å². The van der Waals surface area contributed by atoms with E-state index in [1.165, 1.54) is 12.1 Å². The number of anilines is 1. The maximum absolute atomic E-state index is 12.0. The minimum absolute atomic E-state index is 0.0208. The smallest absolute Gasteiger partial charge is 0.319 e. The van der Waals surface area contributed by atoms with Crippen LogP contribution in [0.15, 0.2) is 41.8 Å². The van der Waals surface area contributed by atoms with E-state index in [1.54, 1.807) is 28.0 Å². The molecule has 0 spiro atoms. The lowest BCUT2D eigenvalue weighted by molar-refractivity contribution is 0.225. The van der Waals surface area contributed by atoms with Gasteiger partial charge in [0.05, 0.1) is 4.90 Å². The third-order valence-electron chi connectivity index (χ3n) is 2.87. The fraction of sp³-hybridized carbons (Fsp3) is 0.250. The highest BCUT2D eigenvalue weighted by Crippen LogP contribution is 2.23. The third kappa shape index (κ3) is 2.90. The standard InChI is InChI=1S/C12H13ClN2O3S/c1-2-7-14-8-9-15(12(14)16)10-3-5-11(6-4-10)19(13,17)18/h2-6H,1,7-9H2. The zero-order chi connectivity index (χ0) is 14.0. The van der Waals surface area contributed by atoms with E-state index in [9.17, 15) is 13.2 Å². The van der Waals surface area contributed by atoms with Gasteiger partial charge in [0.15, 0.2) is 0 Å². The predicted molar refractivity (Wildman–Crippen MR) is 74.0 cm³/mol. The van der Waals surface area contributed by atoms with Crippen LogP contribution in [-0.2, 0) is 9.05 Å². The van der Waals surface area contributed by atoms with E-state index >= 15 is 0 Å². The van der Waals surface area contributed by atoms with Crippen LogP contribution in [0.3, 0.4) is 0 Å². The van der Waals surface area contributed by atoms with E-state index in [-0.39, 0.29) is 10.9 Å². The molecule has 1 saturated heterocycles. The van der Waals surface area contributed by atoms with Crippen molar-refractivity contribution < 1.29 is 13.2 Å². The van der Waals surface area contributed by atoms with E-state index in [2.05, 4.69) is 6.58 Å². The molecule has 19 heavy (non-hydrogen) atoms. The van der Waals surface area contributed by atoms with Crippen LogP contribution in [0, 0.1) is 0 Å². The van der Waals surface area contributed by atoms with Gasteiger partial charge in [-0.1, -0.05) is 6.08 Å². The molecule has 0 aliphatic carbocycles. The molecular weight excluding hydrogens is 288 g/mol. The number of rotatable bonds is 4. The molecule has 1 fully saturated rings. The molecule has 2 amide bonds. The SMILES string of the molecule is C=CCN1CCN(c2ccc(S(=O)(=O)Cl)cc2)C1=O. The summed E-state index contributed by atoms with van der Waals surface area (Å²) >= 11 is 0. The second-order valence-electron chi connectivity index (χ2n) is 4.10. The van der Waals surface area contributed by atoms with Crippen molar-refractivity contribution in [2.75, 3.05) is 24.5 Å². The number of urea groups is 1. The maximum atomic E-state index is 12.0. The van der Waals surface area contributed by atoms with Gasteiger partial charge in [0, 0.05) is 36.0 Å². The van der Waals surface area contributed by atoms with Crippen LogP contribution in [0.2, 0.25) is 0 Å². The molecule has 0 atom stereocenters. The summed E-state index contributed by atoms with van der Waals surface area (Å²) in [6.07, 6.45) is 1.67. The first-order valence-electron chi connectivity index (χ1n) is 5.65. The Labute approximate surface area is 116 Å². The number of nitrogens with zero attached hydrogens (tertiary/aromatic N) is 2. The summed E-state index contributed by atoms with van der Waals surface area (Å²) in [5.74, 6) is 0. The van der Waals surface area contributed by atoms with Crippen LogP contribution in [-0.4, -0.2) is 39.0 Å². The molecule has 0 radical (unpaired) electrons. The highest BCUT2D eigenvalue weighted by Gasteiger charge is 2.28. The van der Waals surface area contributed by atoms with Gasteiger partial charge in [0.2, 0.25) is 0 Å². The number of amides is 2. The van der Waals surface area contributed by atoms with Crippen molar-refractivity contribution in [1.29, 1.82) is 0 Å². The molecule has 102 valence electrons. The van der Waals surface area contributed by atoms with Gasteiger partial charge in [-0.3, -0.25) is 4.90 Å². The summed E-state index contributed by atoms with van der Waals surface area (Å²) in [6, 6.07) is 5.82. The molecule has 0 N–H and O–H groups in total. The van der Waals surface area contributed by atoms with E-state index in [0.29, 0.717) is 25.3 Å². The predicted octanol–water partition coefficient (Wildman–Crippen LogP) is 2.04. The van der Waals surface area contributed by atoms with Gasteiger partial charge in [-0.2, -0.15) is 0 Å². The van der Waals surface area contributed by atoms with E-state index in [1.807, 2.05) is 0 Å². The first-order chi connectivity index (χ1) is 8.93. The summed E-state index contributed by atoms with van der Waals surface area (Å²) < 4.78 is 22.3. The Balaban J connectivity index is 2.20. The van der Waals surface area contributed by atoms with E-state index in [4.69, 9.17) is 10.7 Å². The lowest BCUT2D eigenvalue weighted by Crippen LogP contribution is -2.31. The van der Waals surface area contributed by atoms with Crippen molar-refractivity contribution in [2.24, 2.45) is 0 Å². The lowest BCUT2D eigenvalue weighted by atomic mass is 10.3. The molecule has 1 aromatic rings. The summed E-state index contributed by atoms with van der Waals surface area (Å²) in [4.78, 5) is 15.3. The summed E-state index contributed by atoms with van der Waals surface area (Å²) in [5, 5.41) is 0. The Hall–Kier alpha value is -1.53. The van der Waals surface area contributed by atoms with Crippen LogP contribution in [0.4, 0.5) is 10.5 Å². The van der Waals surface area contributed by atoms with Gasteiger partial charge in [0.1, 0.15) is 0 Å². The Morgan fingerprint density at radius 1 is 1.26 bits per heavy atom. The molecule has 1 aliphatic rings. The Morgan fingerprint density at radius 2 is 1.89 bits per heavy atom. The number of benzene rings is 1. The molecule has 2 rings (SSSR count). The molecule has 0 unspecified atom stereocenters. The normalized spacial score (nSPS) is 15.9. The van der Waals surface area contributed by atoms with Gasteiger partial charge in [-0.25, -0.2) is 13.2 Å². The van der Waals surface area contributed by atoms with Gasteiger partial charge < -0.3 is 4.90 Å². The highest BCUT2D eigenvalue weighted by molar-refractivity contribution is 8.13. The summed E-state index contributed by atoms with van der Waals surface area (Å²) in [5.41, 5.74) is 0.653. The number of hydrogen-bond donors (Lipinski definition) is 0. The zero-order valence-corrected chi connectivity index (χ0v) is 11.7. The second kappa shape index (κ2) is 5.22. The first kappa shape index (κ1) is 13.9. The molecule has 1 aromatic carbocycles. The largest absolute Gasteiger partial charge is 0.324 e. The quantitative estimate of drug-likeness (QED) is 0.631. The van der Waals surface area contributed by atoms with Crippen molar-refractivity contribution in [2.45, 2.75) is 4.90 Å². The van der Waals surface area contributed by atoms with Crippen molar-refractivity contribution in [3.8, 4) is 0 Å². The Bertz CT molecular complexity index is 598. The molecule has 0 bridgehead atoms. The van der Waals surface area contributed by atoms with Crippen LogP contribution < -0.4 is 4.90 Å². The topological polar surface area (TPSA) is 57.7 Å². The molecule has 7 heteroatoms. The van der Waals surface area contributed by atoms with E-state index in [0.717, 1.165) is 0 Å². The van der Waals surface area contributed by atoms with Gasteiger partial charge in [0.25, 0.3) is 9.05 Å². The van der Waals surface area contributed by atoms with Gasteiger partial charge in [-0.05, 0) is 24.3 Å². The Kier molecular flexibility index (Phi) is 3.82. The van der Waals surface area contributed by atoms with Crippen LogP contribution in [0.1, 0.15) is 0 Å². The van der Waals surface area contributed by atoms with Gasteiger partial charge >= 0.3 is 6.03 Å². The fourth-order valence-electron chi connectivity index (χ4n) is 1.94. The van der Waals surface area contributed by atoms with Crippen molar-refractivity contribution >= 4 is 31.5 Å². The van der Waals surface area contributed by atoms with Crippen LogP contribution in [0.25, 0.3) is 0 Å². The maximum Gasteiger partial charge on any atom is 0.324 e. The summed E-state index contributed by atoms with van der Waals surface area (Å²) in [6.45, 7) is 5.30. The molecular formula is C12H13ClN2O3S. The van der Waals surface area contributed by atoms with Crippen molar-refractivity contribution in [1.82, 2.24) is 4.90 Å². The average Bonchev–Trinajstić information content (AvgIpc) is 2.71. The molecule has 0 saturated carbocycles. The lowest BCUT2D eigenvalue weighted by Gasteiger charge is -2.17. The van der Waals surface area contributed by atoms with E-state index < -0.39 is 9.05 Å². The first-order valence-corrected chi connectivity index (χ1v) is 7.96. The number of halogens is 1.